The standard InChI is InChI=1S/C24H28N2O4/c1-24(2)14-20(19-13-18(29-3)10-11-21(19)30-24)25-23(28)17-8-6-16(7-9-17)15-26-12-4-5-22(26)27/h6-11,13,20H,4-5,12,14-15H2,1-3H3,(H,25,28). The molecule has 1 unspecified atom stereocenters. The average Bonchev–Trinajstić information content (AvgIpc) is 3.12. The van der Waals surface area contributed by atoms with Gasteiger partial charge in [-0.3, -0.25) is 9.59 Å². The molecule has 2 heterocycles. The van der Waals surface area contributed by atoms with Gasteiger partial charge in [-0.2, -0.15) is 0 Å². The zero-order valence-electron chi connectivity index (χ0n) is 17.7. The fourth-order valence-corrected chi connectivity index (χ4v) is 4.18. The van der Waals surface area contributed by atoms with E-state index in [0.29, 0.717) is 24.9 Å². The lowest BCUT2D eigenvalue weighted by atomic mass is 9.89. The molecule has 2 aliphatic heterocycles. The van der Waals surface area contributed by atoms with Gasteiger partial charge < -0.3 is 19.7 Å². The maximum absolute atomic E-state index is 12.9. The second kappa shape index (κ2) is 8.01. The van der Waals surface area contributed by atoms with E-state index in [1.54, 1.807) is 7.11 Å². The number of carbonyl (C=O) groups excluding carboxylic acids is 2. The average molecular weight is 408 g/mol. The van der Waals surface area contributed by atoms with E-state index < -0.39 is 0 Å². The summed E-state index contributed by atoms with van der Waals surface area (Å²) < 4.78 is 11.4. The van der Waals surface area contributed by atoms with E-state index in [-0.39, 0.29) is 23.5 Å². The predicted molar refractivity (Wildman–Crippen MR) is 114 cm³/mol. The minimum atomic E-state index is -0.383. The fraction of sp³-hybridized carbons (Fsp3) is 0.417. The number of benzene rings is 2. The van der Waals surface area contributed by atoms with Crippen molar-refractivity contribution in [3.63, 3.8) is 0 Å². The highest BCUT2D eigenvalue weighted by atomic mass is 16.5. The SMILES string of the molecule is COc1ccc2c(c1)C(NC(=O)c1ccc(CN3CCCC3=O)cc1)CC(C)(C)O2. The van der Waals surface area contributed by atoms with Crippen LogP contribution >= 0.6 is 0 Å². The molecule has 0 saturated carbocycles. The third-order valence-corrected chi connectivity index (χ3v) is 5.74. The van der Waals surface area contributed by atoms with E-state index in [1.165, 1.54) is 0 Å². The minimum Gasteiger partial charge on any atom is -0.497 e. The summed E-state index contributed by atoms with van der Waals surface area (Å²) in [6, 6.07) is 13.0. The van der Waals surface area contributed by atoms with Crippen LogP contribution in [-0.4, -0.2) is 36.0 Å². The third kappa shape index (κ3) is 4.27. The molecule has 158 valence electrons. The summed E-state index contributed by atoms with van der Waals surface area (Å²) in [4.78, 5) is 26.6. The number of likely N-dealkylation sites (tertiary alicyclic amines) is 1. The number of nitrogens with zero attached hydrogens (tertiary/aromatic N) is 1. The normalized spacial score (nSPS) is 19.8. The van der Waals surface area contributed by atoms with E-state index in [0.717, 1.165) is 35.6 Å². The molecule has 0 bridgehead atoms. The van der Waals surface area contributed by atoms with Gasteiger partial charge in [0.05, 0.1) is 13.2 Å². The quantitative estimate of drug-likeness (QED) is 0.816. The third-order valence-electron chi connectivity index (χ3n) is 5.74. The largest absolute Gasteiger partial charge is 0.497 e. The van der Waals surface area contributed by atoms with E-state index in [2.05, 4.69) is 5.32 Å². The van der Waals surface area contributed by atoms with Crippen LogP contribution in [0.2, 0.25) is 0 Å². The van der Waals surface area contributed by atoms with Gasteiger partial charge in [-0.05, 0) is 56.2 Å². The van der Waals surface area contributed by atoms with Gasteiger partial charge in [0.15, 0.2) is 0 Å². The van der Waals surface area contributed by atoms with Gasteiger partial charge in [0.1, 0.15) is 17.1 Å². The first-order valence-electron chi connectivity index (χ1n) is 10.4. The van der Waals surface area contributed by atoms with E-state index in [9.17, 15) is 9.59 Å². The second-order valence-corrected chi connectivity index (χ2v) is 8.61. The first-order chi connectivity index (χ1) is 14.3. The van der Waals surface area contributed by atoms with Gasteiger partial charge in [0.25, 0.3) is 5.91 Å². The molecule has 0 radical (unpaired) electrons. The van der Waals surface area contributed by atoms with Crippen LogP contribution in [0.5, 0.6) is 11.5 Å². The number of methoxy groups -OCH3 is 1. The van der Waals surface area contributed by atoms with Crippen LogP contribution in [0.3, 0.4) is 0 Å². The molecule has 1 atom stereocenters. The second-order valence-electron chi connectivity index (χ2n) is 8.61. The molecule has 2 amide bonds. The molecule has 0 aromatic heterocycles. The minimum absolute atomic E-state index is 0.129. The van der Waals surface area contributed by atoms with Crippen molar-refractivity contribution in [2.24, 2.45) is 0 Å². The van der Waals surface area contributed by atoms with Crippen LogP contribution < -0.4 is 14.8 Å². The topological polar surface area (TPSA) is 67.9 Å². The Morgan fingerprint density at radius 2 is 2.00 bits per heavy atom. The van der Waals surface area contributed by atoms with Crippen LogP contribution in [0, 0.1) is 0 Å². The van der Waals surface area contributed by atoms with Gasteiger partial charge in [-0.25, -0.2) is 0 Å². The molecule has 2 aromatic carbocycles. The molecule has 0 spiro atoms. The smallest absolute Gasteiger partial charge is 0.251 e. The number of hydrogen-bond acceptors (Lipinski definition) is 4. The van der Waals surface area contributed by atoms with Crippen molar-refractivity contribution in [3.8, 4) is 11.5 Å². The Hall–Kier alpha value is -3.02. The number of rotatable bonds is 5. The van der Waals surface area contributed by atoms with E-state index in [1.807, 2.05) is 61.2 Å². The van der Waals surface area contributed by atoms with Gasteiger partial charge in [0.2, 0.25) is 5.91 Å². The summed E-state index contributed by atoms with van der Waals surface area (Å²) in [5.41, 5.74) is 2.17. The Bertz CT molecular complexity index is 952. The molecular weight excluding hydrogens is 380 g/mol. The summed E-state index contributed by atoms with van der Waals surface area (Å²) in [5, 5.41) is 3.16. The fourth-order valence-electron chi connectivity index (χ4n) is 4.18. The van der Waals surface area contributed by atoms with Crippen molar-refractivity contribution in [1.29, 1.82) is 0 Å². The molecule has 2 aromatic rings. The highest BCUT2D eigenvalue weighted by Crippen LogP contribution is 2.41. The highest BCUT2D eigenvalue weighted by Gasteiger charge is 2.35. The Morgan fingerprint density at radius 3 is 2.67 bits per heavy atom. The molecular formula is C24H28N2O4. The zero-order valence-corrected chi connectivity index (χ0v) is 17.7. The summed E-state index contributed by atoms with van der Waals surface area (Å²) in [6.07, 6.45) is 2.22. The zero-order chi connectivity index (χ0) is 21.3. The summed E-state index contributed by atoms with van der Waals surface area (Å²) >= 11 is 0. The number of amides is 2. The van der Waals surface area contributed by atoms with Crippen molar-refractivity contribution >= 4 is 11.8 Å². The Morgan fingerprint density at radius 1 is 1.23 bits per heavy atom. The lowest BCUT2D eigenvalue weighted by molar-refractivity contribution is -0.128. The molecule has 4 rings (SSSR count). The molecule has 0 aliphatic carbocycles. The van der Waals surface area contributed by atoms with Crippen LogP contribution in [0.25, 0.3) is 0 Å². The molecule has 30 heavy (non-hydrogen) atoms. The van der Waals surface area contributed by atoms with Gasteiger partial charge in [0, 0.05) is 37.1 Å². The first kappa shape index (κ1) is 20.3. The molecule has 1 saturated heterocycles. The van der Waals surface area contributed by atoms with Gasteiger partial charge in [-0.15, -0.1) is 0 Å². The summed E-state index contributed by atoms with van der Waals surface area (Å²) in [7, 11) is 1.63. The molecule has 6 heteroatoms. The Labute approximate surface area is 177 Å². The number of nitrogens with one attached hydrogen (secondary N) is 1. The number of hydrogen-bond donors (Lipinski definition) is 1. The first-order valence-corrected chi connectivity index (χ1v) is 10.4. The highest BCUT2D eigenvalue weighted by molar-refractivity contribution is 5.94. The molecule has 1 N–H and O–H groups in total. The van der Waals surface area contributed by atoms with E-state index >= 15 is 0 Å². The van der Waals surface area contributed by atoms with Crippen LogP contribution in [0.15, 0.2) is 42.5 Å². The number of carbonyl (C=O) groups is 2. The monoisotopic (exact) mass is 408 g/mol. The van der Waals surface area contributed by atoms with Crippen molar-refractivity contribution in [3.05, 3.63) is 59.2 Å². The Kier molecular flexibility index (Phi) is 5.41. The summed E-state index contributed by atoms with van der Waals surface area (Å²) in [5.74, 6) is 1.57. The number of fused-ring (bicyclic) bond motifs is 1. The molecule has 1 fully saturated rings. The molecule has 6 nitrogen and oxygen atoms in total. The van der Waals surface area contributed by atoms with Gasteiger partial charge in [-0.1, -0.05) is 12.1 Å². The van der Waals surface area contributed by atoms with E-state index in [4.69, 9.17) is 9.47 Å². The molecule has 2 aliphatic rings. The van der Waals surface area contributed by atoms with Crippen molar-refractivity contribution in [1.82, 2.24) is 10.2 Å². The maximum atomic E-state index is 12.9. The van der Waals surface area contributed by atoms with Crippen LogP contribution in [0.1, 0.15) is 60.6 Å². The number of ether oxygens (including phenoxy) is 2. The summed E-state index contributed by atoms with van der Waals surface area (Å²) in [6.45, 7) is 5.45. The maximum Gasteiger partial charge on any atom is 0.251 e. The lowest BCUT2D eigenvalue weighted by Crippen LogP contribution is -2.41. The van der Waals surface area contributed by atoms with Gasteiger partial charge >= 0.3 is 0 Å². The Balaban J connectivity index is 1.48. The van der Waals surface area contributed by atoms with Crippen molar-refractivity contribution < 1.29 is 19.1 Å². The predicted octanol–water partition coefficient (Wildman–Crippen LogP) is 3.85. The van der Waals surface area contributed by atoms with Crippen molar-refractivity contribution in [2.75, 3.05) is 13.7 Å². The van der Waals surface area contributed by atoms with Crippen molar-refractivity contribution in [2.45, 2.75) is 51.3 Å². The van der Waals surface area contributed by atoms with Crippen LogP contribution in [0.4, 0.5) is 0 Å². The van der Waals surface area contributed by atoms with Crippen LogP contribution in [-0.2, 0) is 11.3 Å². The lowest BCUT2D eigenvalue weighted by Gasteiger charge is -2.38.